The van der Waals surface area contributed by atoms with Crippen molar-refractivity contribution in [1.82, 2.24) is 15.0 Å². The highest BCUT2D eigenvalue weighted by atomic mass is 35.5. The van der Waals surface area contributed by atoms with Gasteiger partial charge in [-0.25, -0.2) is 0 Å². The first kappa shape index (κ1) is 24.1. The Kier molecular flexibility index (Phi) is 8.08. The summed E-state index contributed by atoms with van der Waals surface area (Å²) < 4.78 is 11.1. The third-order valence-corrected chi connectivity index (χ3v) is 5.65. The molecule has 1 aromatic heterocycles. The Morgan fingerprint density at radius 1 is 0.806 bits per heavy atom. The fourth-order valence-corrected chi connectivity index (χ4v) is 4.30. The molecule has 3 saturated heterocycles. The zero-order valence-electron chi connectivity index (χ0n) is 18.0. The van der Waals surface area contributed by atoms with Gasteiger partial charge < -0.3 is 47.1 Å². The van der Waals surface area contributed by atoms with Crippen molar-refractivity contribution in [2.75, 3.05) is 67.7 Å². The Hall–Kier alpha value is -1.54. The number of hydrogen-bond donors (Lipinski definition) is 4. The van der Waals surface area contributed by atoms with E-state index in [9.17, 15) is 0 Å². The van der Waals surface area contributed by atoms with Crippen molar-refractivity contribution in [3.63, 3.8) is 0 Å². The minimum atomic E-state index is -0.299. The number of hydrogen-bond acceptors (Lipinski definition) is 12. The number of likely N-dealkylation sites (N-methyl/N-ethyl adjacent to an activating group) is 1. The van der Waals surface area contributed by atoms with Crippen LogP contribution >= 0.6 is 12.4 Å². The van der Waals surface area contributed by atoms with E-state index < -0.39 is 0 Å². The average molecular weight is 459 g/mol. The van der Waals surface area contributed by atoms with Crippen LogP contribution in [0.15, 0.2) is 0 Å². The van der Waals surface area contributed by atoms with Crippen molar-refractivity contribution in [1.29, 1.82) is 0 Å². The number of nitrogens with two attached hydrogens (primary N) is 4. The Balaban J connectivity index is 0.00000272. The largest absolute Gasteiger partial charge is 0.348 e. The van der Waals surface area contributed by atoms with E-state index in [2.05, 4.69) is 0 Å². The number of aromatic nitrogens is 3. The molecule has 0 aromatic carbocycles. The summed E-state index contributed by atoms with van der Waals surface area (Å²) in [5.74, 6) is 1.66. The van der Waals surface area contributed by atoms with Gasteiger partial charge in [0.05, 0.1) is 19.8 Å². The van der Waals surface area contributed by atoms with Crippen molar-refractivity contribution in [3.8, 4) is 0 Å². The van der Waals surface area contributed by atoms with E-state index in [4.69, 9.17) is 47.4 Å². The van der Waals surface area contributed by atoms with Crippen molar-refractivity contribution in [2.24, 2.45) is 22.9 Å². The van der Waals surface area contributed by atoms with E-state index in [0.29, 0.717) is 63.8 Å². The van der Waals surface area contributed by atoms with Gasteiger partial charge in [0.1, 0.15) is 0 Å². The monoisotopic (exact) mass is 458 g/mol. The molecular weight excluding hydrogens is 424 g/mol. The number of ether oxygens (including phenoxy) is 2. The zero-order valence-corrected chi connectivity index (χ0v) is 18.8. The quantitative estimate of drug-likeness (QED) is 0.377. The molecule has 8 N–H and O–H groups in total. The molecule has 1 aromatic rings. The van der Waals surface area contributed by atoms with Gasteiger partial charge in [-0.05, 0) is 12.8 Å². The van der Waals surface area contributed by atoms with Crippen LogP contribution in [0.5, 0.6) is 0 Å². The summed E-state index contributed by atoms with van der Waals surface area (Å²) in [5.41, 5.74) is 24.8. The lowest BCUT2D eigenvalue weighted by Crippen LogP contribution is -2.54. The van der Waals surface area contributed by atoms with Gasteiger partial charge in [0.25, 0.3) is 0 Å². The van der Waals surface area contributed by atoms with Gasteiger partial charge in [-0.3, -0.25) is 0 Å². The van der Waals surface area contributed by atoms with Crippen LogP contribution in [0, 0.1) is 0 Å². The van der Waals surface area contributed by atoms with E-state index >= 15 is 0 Å². The summed E-state index contributed by atoms with van der Waals surface area (Å²) in [4.78, 5) is 20.2. The SMILES string of the molecule is CN(CC1OCCO1)c1nc(N2C[C@H](N)C[C@H](N)C2)nc(N2C[C@H](N)C[C@H](N)C2)n1.Cl. The van der Waals surface area contributed by atoms with E-state index in [1.807, 2.05) is 21.7 Å². The number of rotatable bonds is 5. The number of anilines is 3. The van der Waals surface area contributed by atoms with Crippen LogP contribution < -0.4 is 37.6 Å². The molecule has 3 aliphatic heterocycles. The smallest absolute Gasteiger partial charge is 0.232 e. The Bertz CT molecular complexity index is 660. The number of halogens is 1. The maximum Gasteiger partial charge on any atom is 0.232 e. The molecule has 13 heteroatoms. The van der Waals surface area contributed by atoms with Gasteiger partial charge in [0.15, 0.2) is 6.29 Å². The predicted octanol–water partition coefficient (Wildman–Crippen LogP) is -2.17. The summed E-state index contributed by atoms with van der Waals surface area (Å²) in [5, 5.41) is 0. The average Bonchev–Trinajstić information content (AvgIpc) is 3.19. The van der Waals surface area contributed by atoms with Crippen LogP contribution in [-0.4, -0.2) is 98.4 Å². The van der Waals surface area contributed by atoms with E-state index in [0.717, 1.165) is 12.8 Å². The van der Waals surface area contributed by atoms with Gasteiger partial charge in [-0.2, -0.15) is 15.0 Å². The highest BCUT2D eigenvalue weighted by Crippen LogP contribution is 2.23. The summed E-state index contributed by atoms with van der Waals surface area (Å²) >= 11 is 0. The van der Waals surface area contributed by atoms with E-state index in [-0.39, 0.29) is 42.9 Å². The Labute approximate surface area is 189 Å². The third kappa shape index (κ3) is 6.04. The Morgan fingerprint density at radius 2 is 1.23 bits per heavy atom. The normalized spacial score (nSPS) is 29.7. The van der Waals surface area contributed by atoms with Crippen LogP contribution in [0.25, 0.3) is 0 Å². The number of nitrogens with zero attached hydrogens (tertiary/aromatic N) is 6. The minimum absolute atomic E-state index is 0. The summed E-state index contributed by atoms with van der Waals surface area (Å²) in [6, 6.07) is -0.0842. The Morgan fingerprint density at radius 3 is 1.65 bits per heavy atom. The van der Waals surface area contributed by atoms with Crippen LogP contribution in [-0.2, 0) is 9.47 Å². The van der Waals surface area contributed by atoms with Gasteiger partial charge in [-0.1, -0.05) is 0 Å². The van der Waals surface area contributed by atoms with Gasteiger partial charge in [-0.15, -0.1) is 12.4 Å². The van der Waals surface area contributed by atoms with Crippen molar-refractivity contribution in [3.05, 3.63) is 0 Å². The molecule has 12 nitrogen and oxygen atoms in total. The minimum Gasteiger partial charge on any atom is -0.348 e. The predicted molar refractivity (Wildman–Crippen MR) is 122 cm³/mol. The molecule has 0 amide bonds. The van der Waals surface area contributed by atoms with Crippen LogP contribution in [0.3, 0.4) is 0 Å². The molecule has 0 radical (unpaired) electrons. The highest BCUT2D eigenvalue weighted by Gasteiger charge is 2.29. The lowest BCUT2D eigenvalue weighted by atomic mass is 10.0. The van der Waals surface area contributed by atoms with Gasteiger partial charge in [0.2, 0.25) is 17.8 Å². The summed E-state index contributed by atoms with van der Waals surface area (Å²) in [7, 11) is 1.91. The zero-order chi connectivity index (χ0) is 21.3. The molecule has 0 unspecified atom stereocenters. The maximum absolute atomic E-state index is 6.20. The molecule has 0 saturated carbocycles. The first-order valence-corrected chi connectivity index (χ1v) is 10.6. The van der Waals surface area contributed by atoms with Crippen LogP contribution in [0.4, 0.5) is 17.8 Å². The second-order valence-corrected chi connectivity index (χ2v) is 8.61. The van der Waals surface area contributed by atoms with Gasteiger partial charge in [0, 0.05) is 57.4 Å². The fraction of sp³-hybridized carbons (Fsp3) is 0.833. The molecule has 0 bridgehead atoms. The molecule has 31 heavy (non-hydrogen) atoms. The molecule has 3 fully saturated rings. The van der Waals surface area contributed by atoms with Crippen LogP contribution in [0.2, 0.25) is 0 Å². The molecule has 4 heterocycles. The molecule has 3 aliphatic rings. The first-order chi connectivity index (χ1) is 14.4. The van der Waals surface area contributed by atoms with E-state index in [1.54, 1.807) is 0 Å². The lowest BCUT2D eigenvalue weighted by molar-refractivity contribution is -0.0338. The second-order valence-electron chi connectivity index (χ2n) is 8.61. The highest BCUT2D eigenvalue weighted by molar-refractivity contribution is 5.85. The number of piperidine rings is 2. The molecular formula is C18H35ClN10O2. The van der Waals surface area contributed by atoms with Crippen molar-refractivity contribution < 1.29 is 9.47 Å². The fourth-order valence-electron chi connectivity index (χ4n) is 4.30. The van der Waals surface area contributed by atoms with E-state index in [1.165, 1.54) is 0 Å². The van der Waals surface area contributed by atoms with Crippen LogP contribution in [0.1, 0.15) is 12.8 Å². The lowest BCUT2D eigenvalue weighted by Gasteiger charge is -2.37. The van der Waals surface area contributed by atoms with Crippen molar-refractivity contribution >= 4 is 30.3 Å². The molecule has 0 aliphatic carbocycles. The first-order valence-electron chi connectivity index (χ1n) is 10.6. The maximum atomic E-state index is 6.20. The third-order valence-electron chi connectivity index (χ3n) is 5.65. The summed E-state index contributed by atoms with van der Waals surface area (Å²) in [6.07, 6.45) is 1.27. The molecule has 176 valence electrons. The standard InChI is InChI=1S/C18H34N10O2.ClH/c1-26(10-15-29-2-3-30-15)16-23-17(27-6-11(19)4-12(20)7-27)25-18(24-16)28-8-13(21)5-14(22)9-28;/h11-15H,2-10,19-22H2,1H3;1H/t11-,12+,13-,14+;. The van der Waals surface area contributed by atoms with Crippen molar-refractivity contribution in [2.45, 2.75) is 43.3 Å². The second kappa shape index (κ2) is 10.4. The summed E-state index contributed by atoms with van der Waals surface area (Å²) in [6.45, 7) is 4.30. The van der Waals surface area contributed by atoms with Gasteiger partial charge >= 0.3 is 0 Å². The topological polar surface area (TPSA) is 171 Å². The molecule has 4 rings (SSSR count). The molecule has 0 spiro atoms. The molecule has 4 atom stereocenters.